The first kappa shape index (κ1) is 25.1. The van der Waals surface area contributed by atoms with Gasteiger partial charge in [-0.05, 0) is 56.8 Å². The first-order valence-corrected chi connectivity index (χ1v) is 11.6. The molecule has 0 radical (unpaired) electrons. The lowest BCUT2D eigenvalue weighted by Crippen LogP contribution is -2.45. The van der Waals surface area contributed by atoms with Gasteiger partial charge in [-0.3, -0.25) is 14.9 Å². The number of hydrogen-bond acceptors (Lipinski definition) is 7. The van der Waals surface area contributed by atoms with Crippen LogP contribution in [0.15, 0.2) is 48.7 Å². The number of likely N-dealkylation sites (N-methyl/N-ethyl adjacent to an activating group) is 1. The Morgan fingerprint density at radius 2 is 1.83 bits per heavy atom. The maximum absolute atomic E-state index is 15.4. The third kappa shape index (κ3) is 5.28. The first-order chi connectivity index (χ1) is 17.1. The Bertz CT molecular complexity index is 1330. The van der Waals surface area contributed by atoms with Gasteiger partial charge in [-0.15, -0.1) is 0 Å². The van der Waals surface area contributed by atoms with Crippen molar-refractivity contribution in [1.29, 1.82) is 0 Å². The molecule has 36 heavy (non-hydrogen) atoms. The van der Waals surface area contributed by atoms with E-state index in [2.05, 4.69) is 4.90 Å². The van der Waals surface area contributed by atoms with Crippen LogP contribution in [0.2, 0.25) is 0 Å². The molecule has 0 N–H and O–H groups in total. The Morgan fingerprint density at radius 3 is 2.44 bits per heavy atom. The van der Waals surface area contributed by atoms with Crippen molar-refractivity contribution < 1.29 is 23.6 Å². The molecule has 0 spiro atoms. The van der Waals surface area contributed by atoms with Gasteiger partial charge in [0.25, 0.3) is 11.2 Å². The number of ether oxygens (including phenoxy) is 1. The molecule has 1 aliphatic heterocycles. The van der Waals surface area contributed by atoms with Gasteiger partial charge in [0.05, 0.1) is 22.0 Å². The Morgan fingerprint density at radius 1 is 1.17 bits per heavy atom. The summed E-state index contributed by atoms with van der Waals surface area (Å²) in [5, 5.41) is 24.2. The highest BCUT2D eigenvalue weighted by atomic mass is 19.1. The van der Waals surface area contributed by atoms with Crippen LogP contribution >= 0.6 is 0 Å². The molecule has 10 heteroatoms. The summed E-state index contributed by atoms with van der Waals surface area (Å²) in [6.07, 6.45) is 3.62. The molecule has 0 bridgehead atoms. The number of non-ortho nitro benzene ring substituents is 1. The zero-order chi connectivity index (χ0) is 26.0. The fourth-order valence-electron chi connectivity index (χ4n) is 4.14. The Hall–Kier alpha value is -4.05. The molecule has 0 aliphatic carbocycles. The predicted molar refractivity (Wildman–Crippen MR) is 135 cm³/mol. The highest BCUT2D eigenvalue weighted by Gasteiger charge is 2.29. The van der Waals surface area contributed by atoms with Gasteiger partial charge in [0.1, 0.15) is 5.69 Å². The zero-order valence-electron chi connectivity index (χ0n) is 20.3. The molecule has 1 aliphatic rings. The highest BCUT2D eigenvalue weighted by Crippen LogP contribution is 2.38. The fourth-order valence-corrected chi connectivity index (χ4v) is 4.14. The number of carbonyl (C=O) groups is 1. The number of nitro benzene ring substituents is 1. The summed E-state index contributed by atoms with van der Waals surface area (Å²) in [6.45, 7) is 6.31. The second kappa shape index (κ2) is 10.3. The molecule has 2 heterocycles. The number of anilines is 1. The number of allylic oxidation sites excluding steroid dienone is 1. The molecule has 2 aromatic carbocycles. The molecule has 0 saturated carbocycles. The molecule has 0 atom stereocenters. The number of nitrogens with zero attached hydrogens (tertiary/aromatic N) is 4. The quantitative estimate of drug-likeness (QED) is 0.122. The van der Waals surface area contributed by atoms with Crippen LogP contribution in [0.5, 0.6) is 5.75 Å². The van der Waals surface area contributed by atoms with Crippen LogP contribution in [0.4, 0.5) is 15.8 Å². The van der Waals surface area contributed by atoms with Crippen molar-refractivity contribution in [1.82, 2.24) is 4.90 Å². The van der Waals surface area contributed by atoms with Crippen molar-refractivity contribution in [2.75, 3.05) is 38.1 Å². The number of halogens is 1. The Kier molecular flexibility index (Phi) is 7.16. The highest BCUT2D eigenvalue weighted by molar-refractivity contribution is 6.08. The van der Waals surface area contributed by atoms with Crippen LogP contribution in [0.3, 0.4) is 0 Å². The fraction of sp³-hybridized carbons (Fsp3) is 0.308. The van der Waals surface area contributed by atoms with Crippen LogP contribution in [0.1, 0.15) is 29.8 Å². The van der Waals surface area contributed by atoms with Gasteiger partial charge in [0, 0.05) is 38.3 Å². The van der Waals surface area contributed by atoms with Crippen LogP contribution < -0.4 is 14.4 Å². The summed E-state index contributed by atoms with van der Waals surface area (Å²) in [5.41, 5.74) is 1.02. The number of aromatic nitrogens is 1. The molecule has 1 saturated heterocycles. The minimum atomic E-state index is -0.520. The van der Waals surface area contributed by atoms with Crippen molar-refractivity contribution in [2.45, 2.75) is 20.0 Å². The predicted octanol–water partition coefficient (Wildman–Crippen LogP) is 3.96. The molecule has 0 amide bonds. The summed E-state index contributed by atoms with van der Waals surface area (Å²) in [6, 6.07) is 8.44. The van der Waals surface area contributed by atoms with E-state index < -0.39 is 16.5 Å². The number of benzene rings is 2. The summed E-state index contributed by atoms with van der Waals surface area (Å²) in [5.74, 6) is -0.816. The van der Waals surface area contributed by atoms with Crippen molar-refractivity contribution in [3.05, 3.63) is 80.9 Å². The van der Waals surface area contributed by atoms with Crippen LogP contribution in [-0.2, 0) is 0 Å². The Labute approximate surface area is 207 Å². The third-order valence-corrected chi connectivity index (χ3v) is 5.99. The largest absolute Gasteiger partial charge is 0.618 e. The minimum Gasteiger partial charge on any atom is -0.618 e. The van der Waals surface area contributed by atoms with Crippen molar-refractivity contribution in [3.8, 4) is 5.75 Å². The maximum atomic E-state index is 15.4. The topological polar surface area (TPSA) is 103 Å². The number of ketones is 1. The van der Waals surface area contributed by atoms with Gasteiger partial charge in [-0.25, -0.2) is 4.39 Å². The average molecular weight is 495 g/mol. The van der Waals surface area contributed by atoms with E-state index in [1.54, 1.807) is 13.8 Å². The molecule has 3 aromatic rings. The summed E-state index contributed by atoms with van der Waals surface area (Å²) >= 11 is 0. The summed E-state index contributed by atoms with van der Waals surface area (Å²) in [7, 11) is 2.00. The smallest absolute Gasteiger partial charge is 0.269 e. The van der Waals surface area contributed by atoms with Crippen LogP contribution in [0.25, 0.3) is 17.0 Å². The number of rotatable bonds is 7. The van der Waals surface area contributed by atoms with E-state index in [0.29, 0.717) is 23.4 Å². The van der Waals surface area contributed by atoms with E-state index in [-0.39, 0.29) is 39.7 Å². The van der Waals surface area contributed by atoms with Crippen molar-refractivity contribution >= 4 is 34.1 Å². The second-order valence-electron chi connectivity index (χ2n) is 9.03. The Balaban J connectivity index is 1.71. The van der Waals surface area contributed by atoms with Crippen molar-refractivity contribution in [2.24, 2.45) is 0 Å². The molecule has 1 fully saturated rings. The number of nitro groups is 1. The molecular formula is C26H27FN4O5. The molecule has 9 nitrogen and oxygen atoms in total. The van der Waals surface area contributed by atoms with Gasteiger partial charge < -0.3 is 19.7 Å². The molecular weight excluding hydrogens is 467 g/mol. The minimum absolute atomic E-state index is 0.0576. The molecule has 4 rings (SSSR count). The van der Waals surface area contributed by atoms with E-state index in [9.17, 15) is 20.1 Å². The summed E-state index contributed by atoms with van der Waals surface area (Å²) < 4.78 is 22.0. The maximum Gasteiger partial charge on any atom is 0.269 e. The third-order valence-electron chi connectivity index (χ3n) is 5.99. The summed E-state index contributed by atoms with van der Waals surface area (Å²) in [4.78, 5) is 27.1. The van der Waals surface area contributed by atoms with Gasteiger partial charge in [0.2, 0.25) is 5.75 Å². The molecule has 188 valence electrons. The van der Waals surface area contributed by atoms with E-state index in [1.165, 1.54) is 48.6 Å². The average Bonchev–Trinajstić information content (AvgIpc) is 2.83. The normalized spacial score (nSPS) is 14.6. The standard InChI is InChI=1S/C26H27FN4O5/c1-17(2)36-26-24-19(15-22(27)25(26)29-12-10-28(3)11-13-29)14-20(16-30(24)33)23(32)9-6-18-4-7-21(8-5-18)31(34)35/h4-9,14-17H,10-13H2,1-3H3. The number of carbonyl (C=O) groups excluding carboxylic acids is 1. The SMILES string of the molecule is CC(C)Oc1c(N2CCN(C)CC2)c(F)cc2cc(C(=O)C=Cc3ccc([N+](=O)[O-])cc3)c[n+]([O-])c12. The van der Waals surface area contributed by atoms with E-state index in [0.717, 1.165) is 19.3 Å². The van der Waals surface area contributed by atoms with Crippen LogP contribution in [-0.4, -0.2) is 54.9 Å². The van der Waals surface area contributed by atoms with E-state index >= 15 is 4.39 Å². The lowest BCUT2D eigenvalue weighted by molar-refractivity contribution is -0.577. The monoisotopic (exact) mass is 494 g/mol. The van der Waals surface area contributed by atoms with E-state index in [4.69, 9.17) is 4.74 Å². The van der Waals surface area contributed by atoms with E-state index in [1.807, 2.05) is 11.9 Å². The van der Waals surface area contributed by atoms with Gasteiger partial charge in [-0.2, -0.15) is 4.73 Å². The number of fused-ring (bicyclic) bond motifs is 1. The lowest BCUT2D eigenvalue weighted by atomic mass is 10.1. The second-order valence-corrected chi connectivity index (χ2v) is 9.03. The molecule has 1 aromatic heterocycles. The first-order valence-electron chi connectivity index (χ1n) is 11.6. The van der Waals surface area contributed by atoms with Crippen molar-refractivity contribution in [3.63, 3.8) is 0 Å². The lowest BCUT2D eigenvalue weighted by Gasteiger charge is -2.35. The zero-order valence-corrected chi connectivity index (χ0v) is 20.3. The number of piperazine rings is 1. The number of pyridine rings is 1. The van der Waals surface area contributed by atoms with Gasteiger partial charge in [-0.1, -0.05) is 6.08 Å². The number of hydrogen-bond donors (Lipinski definition) is 0. The molecule has 0 unspecified atom stereocenters. The van der Waals surface area contributed by atoms with Gasteiger partial charge >= 0.3 is 0 Å². The van der Waals surface area contributed by atoms with Gasteiger partial charge in [0.15, 0.2) is 17.8 Å². The van der Waals surface area contributed by atoms with Crippen LogP contribution in [0, 0.1) is 21.1 Å².